The van der Waals surface area contributed by atoms with Crippen molar-refractivity contribution in [1.82, 2.24) is 0 Å². The fourth-order valence-electron chi connectivity index (χ4n) is 0.117. The van der Waals surface area contributed by atoms with E-state index in [2.05, 4.69) is 0 Å². The monoisotopic (exact) mass is 118 g/mol. The Morgan fingerprint density at radius 3 is 1.88 bits per heavy atom. The zero-order chi connectivity index (χ0) is 4.99. The van der Waals surface area contributed by atoms with Crippen molar-refractivity contribution in [1.29, 1.82) is 0 Å². The number of aldehydes is 1. The van der Waals surface area contributed by atoms with Gasteiger partial charge < -0.3 is 4.79 Å². The summed E-state index contributed by atoms with van der Waals surface area (Å²) in [5, 5.41) is 0. The van der Waals surface area contributed by atoms with Crippen LogP contribution in [0.3, 0.4) is 0 Å². The third-order valence-corrected chi connectivity index (χ3v) is 0.371. The van der Waals surface area contributed by atoms with Crippen LogP contribution in [0.15, 0.2) is 0 Å². The van der Waals surface area contributed by atoms with Gasteiger partial charge in [0.15, 0.2) is 0 Å². The van der Waals surface area contributed by atoms with Crippen molar-refractivity contribution < 1.29 is 9.59 Å². The average molecular weight is 118 g/mol. The van der Waals surface area contributed by atoms with Gasteiger partial charge in [0.2, 0.25) is 0 Å². The lowest BCUT2D eigenvalue weighted by atomic mass is 10.3. The molecule has 0 rings (SSSR count). The van der Waals surface area contributed by atoms with Gasteiger partial charge in [0, 0.05) is 0 Å². The molecule has 0 fully saturated rings. The average Bonchev–Trinajstić information content (AvgIpc) is 1.35. The van der Waals surface area contributed by atoms with Crippen LogP contribution in [-0.2, 0) is 9.59 Å². The van der Waals surface area contributed by atoms with Gasteiger partial charge in [-0.2, -0.15) is 0 Å². The third-order valence-electron chi connectivity index (χ3n) is 0.371. The number of hydrogen-bond donors (Lipinski definition) is 0. The SMILES string of the molecule is C.C.CC(=O)CC=O. The van der Waals surface area contributed by atoms with E-state index in [0.29, 0.717) is 6.29 Å². The molecule has 0 aliphatic carbocycles. The van der Waals surface area contributed by atoms with Crippen LogP contribution in [-0.4, -0.2) is 12.1 Å². The fraction of sp³-hybridized carbons (Fsp3) is 0.667. The first-order chi connectivity index (χ1) is 2.77. The Morgan fingerprint density at radius 2 is 1.88 bits per heavy atom. The highest BCUT2D eigenvalue weighted by Crippen LogP contribution is 1.69. The van der Waals surface area contributed by atoms with E-state index in [1.807, 2.05) is 0 Å². The molecule has 2 nitrogen and oxygen atoms in total. The molecule has 8 heavy (non-hydrogen) atoms. The van der Waals surface area contributed by atoms with E-state index in [9.17, 15) is 9.59 Å². The number of ketones is 1. The number of Topliss-reactive ketones (excluding diaryl/α,β-unsaturated/α-hetero) is 1. The topological polar surface area (TPSA) is 34.1 Å². The zero-order valence-corrected chi connectivity index (χ0v) is 3.60. The van der Waals surface area contributed by atoms with Gasteiger partial charge in [0.1, 0.15) is 12.1 Å². The maximum atomic E-state index is 9.81. The first kappa shape index (κ1) is 15.7. The predicted octanol–water partition coefficient (Wildman–Crippen LogP) is 1.44. The molecule has 0 saturated carbocycles. The second kappa shape index (κ2) is 9.60. The van der Waals surface area contributed by atoms with E-state index in [1.54, 1.807) is 0 Å². The van der Waals surface area contributed by atoms with Gasteiger partial charge in [-0.1, -0.05) is 14.9 Å². The summed E-state index contributed by atoms with van der Waals surface area (Å²) in [6.45, 7) is 1.38. The van der Waals surface area contributed by atoms with Gasteiger partial charge >= 0.3 is 0 Å². The quantitative estimate of drug-likeness (QED) is 0.406. The van der Waals surface area contributed by atoms with Crippen LogP contribution in [0, 0.1) is 0 Å². The Labute approximate surface area is 50.9 Å². The molecule has 0 aliphatic heterocycles. The Hall–Kier alpha value is -0.660. The molecule has 0 N–H and O–H groups in total. The van der Waals surface area contributed by atoms with E-state index in [-0.39, 0.29) is 27.1 Å². The van der Waals surface area contributed by atoms with Crippen LogP contribution in [0.25, 0.3) is 0 Å². The second-order valence-electron chi connectivity index (χ2n) is 1.07. The summed E-state index contributed by atoms with van der Waals surface area (Å²) in [4.78, 5) is 19.2. The van der Waals surface area contributed by atoms with Crippen LogP contribution in [0.4, 0.5) is 0 Å². The Kier molecular flexibility index (Phi) is 18.8. The van der Waals surface area contributed by atoms with Crippen molar-refractivity contribution in [3.05, 3.63) is 0 Å². The first-order valence-electron chi connectivity index (χ1n) is 1.70. The minimum absolute atomic E-state index is 0. The van der Waals surface area contributed by atoms with Gasteiger partial charge in [-0.25, -0.2) is 0 Å². The van der Waals surface area contributed by atoms with Crippen LogP contribution < -0.4 is 0 Å². The summed E-state index contributed by atoms with van der Waals surface area (Å²) in [5.74, 6) is -0.0787. The number of carbonyl (C=O) groups is 2. The molecule has 0 saturated heterocycles. The molecule has 0 bridgehead atoms. The summed E-state index contributed by atoms with van der Waals surface area (Å²) >= 11 is 0. The molecule has 0 aliphatic rings. The Balaban J connectivity index is -0.000000125. The van der Waals surface area contributed by atoms with E-state index < -0.39 is 0 Å². The lowest BCUT2D eigenvalue weighted by Crippen LogP contribution is -1.87. The van der Waals surface area contributed by atoms with Gasteiger partial charge in [0.05, 0.1) is 6.42 Å². The summed E-state index contributed by atoms with van der Waals surface area (Å²) in [5.41, 5.74) is 0. The number of hydrogen-bond acceptors (Lipinski definition) is 2. The first-order valence-corrected chi connectivity index (χ1v) is 1.70. The van der Waals surface area contributed by atoms with E-state index in [4.69, 9.17) is 0 Å². The Bertz CT molecular complexity index is 66.9. The smallest absolute Gasteiger partial charge is 0.136 e. The van der Waals surface area contributed by atoms with E-state index in [0.717, 1.165) is 0 Å². The predicted molar refractivity (Wildman–Crippen MR) is 34.8 cm³/mol. The molecule has 0 atom stereocenters. The molecule has 50 valence electrons. The molecule has 0 aromatic heterocycles. The van der Waals surface area contributed by atoms with Crippen molar-refractivity contribution in [2.24, 2.45) is 0 Å². The van der Waals surface area contributed by atoms with E-state index >= 15 is 0 Å². The standard InChI is InChI=1S/C4H6O2.2CH4/c1-4(6)2-3-5;;/h3H,2H2,1H3;2*1H4. The molecule has 0 heterocycles. The van der Waals surface area contributed by atoms with E-state index in [1.165, 1.54) is 6.92 Å². The molecule has 0 aromatic rings. The lowest BCUT2D eigenvalue weighted by molar-refractivity contribution is -0.120. The maximum absolute atomic E-state index is 9.81. The molecule has 2 heteroatoms. The fourth-order valence-corrected chi connectivity index (χ4v) is 0.117. The highest BCUT2D eigenvalue weighted by Gasteiger charge is 1.83. The molecule has 0 aromatic carbocycles. The zero-order valence-electron chi connectivity index (χ0n) is 3.60. The summed E-state index contributed by atoms with van der Waals surface area (Å²) in [7, 11) is 0. The second-order valence-corrected chi connectivity index (χ2v) is 1.07. The van der Waals surface area contributed by atoms with Crippen molar-refractivity contribution >= 4 is 12.1 Å². The lowest BCUT2D eigenvalue weighted by Gasteiger charge is -1.71. The van der Waals surface area contributed by atoms with Crippen molar-refractivity contribution in [2.45, 2.75) is 28.2 Å². The highest BCUT2D eigenvalue weighted by atomic mass is 16.1. The number of rotatable bonds is 2. The largest absolute Gasteiger partial charge is 0.303 e. The molecule has 0 radical (unpaired) electrons. The molecule has 0 unspecified atom stereocenters. The van der Waals surface area contributed by atoms with Gasteiger partial charge in [-0.05, 0) is 6.92 Å². The van der Waals surface area contributed by atoms with Gasteiger partial charge in [-0.15, -0.1) is 0 Å². The van der Waals surface area contributed by atoms with Gasteiger partial charge in [0.25, 0.3) is 0 Å². The van der Waals surface area contributed by atoms with Crippen molar-refractivity contribution in [3.63, 3.8) is 0 Å². The van der Waals surface area contributed by atoms with Crippen LogP contribution >= 0.6 is 0 Å². The summed E-state index contributed by atoms with van der Waals surface area (Å²) < 4.78 is 0. The summed E-state index contributed by atoms with van der Waals surface area (Å²) in [6.07, 6.45) is 0.655. The number of carbonyl (C=O) groups excluding carboxylic acids is 2. The van der Waals surface area contributed by atoms with Gasteiger partial charge in [-0.3, -0.25) is 4.79 Å². The minimum atomic E-state index is -0.0787. The minimum Gasteiger partial charge on any atom is -0.303 e. The molecule has 0 amide bonds. The van der Waals surface area contributed by atoms with Crippen LogP contribution in [0.5, 0.6) is 0 Å². The normalized spacial score (nSPS) is 5.62. The molecule has 0 spiro atoms. The van der Waals surface area contributed by atoms with Crippen molar-refractivity contribution in [2.75, 3.05) is 0 Å². The maximum Gasteiger partial charge on any atom is 0.136 e. The van der Waals surface area contributed by atoms with Crippen molar-refractivity contribution in [3.8, 4) is 0 Å². The Morgan fingerprint density at radius 1 is 1.50 bits per heavy atom. The van der Waals surface area contributed by atoms with Crippen LogP contribution in [0.2, 0.25) is 0 Å². The summed E-state index contributed by atoms with van der Waals surface area (Å²) in [6, 6.07) is 0. The molecular weight excluding hydrogens is 104 g/mol. The third kappa shape index (κ3) is 18.4. The highest BCUT2D eigenvalue weighted by molar-refractivity contribution is 5.87. The molecular formula is C6H14O2. The van der Waals surface area contributed by atoms with Crippen LogP contribution in [0.1, 0.15) is 28.2 Å².